The van der Waals surface area contributed by atoms with Crippen molar-refractivity contribution in [1.82, 2.24) is 9.80 Å². The molecule has 1 atom stereocenters. The summed E-state index contributed by atoms with van der Waals surface area (Å²) >= 11 is 14.5. The number of carbonyl (C=O) groups is 2. The minimum atomic E-state index is -0.309. The maximum atomic E-state index is 13.8. The molecule has 4 nitrogen and oxygen atoms in total. The predicted molar refractivity (Wildman–Crippen MR) is 148 cm³/mol. The zero-order valence-electron chi connectivity index (χ0n) is 19.9. The van der Waals surface area contributed by atoms with Gasteiger partial charge in [0, 0.05) is 33.6 Å². The van der Waals surface area contributed by atoms with E-state index in [0.29, 0.717) is 28.7 Å². The topological polar surface area (TPSA) is 40.6 Å². The molecule has 1 aliphatic rings. The lowest BCUT2D eigenvalue weighted by Gasteiger charge is -2.38. The second-order valence-corrected chi connectivity index (χ2v) is 10.8. The van der Waals surface area contributed by atoms with Crippen LogP contribution in [0.4, 0.5) is 0 Å². The minimum Gasteiger partial charge on any atom is -0.330 e. The van der Waals surface area contributed by atoms with Crippen molar-refractivity contribution in [3.8, 4) is 0 Å². The Kier molecular flexibility index (Phi) is 7.33. The van der Waals surface area contributed by atoms with Crippen LogP contribution in [0.3, 0.4) is 0 Å². The molecule has 0 radical (unpaired) electrons. The molecule has 1 aliphatic heterocycles. The van der Waals surface area contributed by atoms with Crippen molar-refractivity contribution in [2.45, 2.75) is 25.8 Å². The Hall–Kier alpha value is -2.86. The summed E-state index contributed by atoms with van der Waals surface area (Å²) in [6.45, 7) is 3.10. The summed E-state index contributed by atoms with van der Waals surface area (Å²) in [5, 5.41) is 5.22. The van der Waals surface area contributed by atoms with Gasteiger partial charge in [0.25, 0.3) is 5.91 Å². The number of fused-ring (bicyclic) bond motifs is 2. The summed E-state index contributed by atoms with van der Waals surface area (Å²) in [5.74, 6) is -0.226. The Bertz CT molecular complexity index is 1430. The highest BCUT2D eigenvalue weighted by Gasteiger charge is 2.35. The van der Waals surface area contributed by atoms with Crippen LogP contribution in [-0.2, 0) is 11.2 Å². The van der Waals surface area contributed by atoms with Crippen LogP contribution in [0, 0.1) is 0 Å². The quantitative estimate of drug-likeness (QED) is 0.260. The van der Waals surface area contributed by atoms with Crippen LogP contribution in [0.25, 0.3) is 10.8 Å². The highest BCUT2D eigenvalue weighted by molar-refractivity contribution is 7.10. The lowest BCUT2D eigenvalue weighted by molar-refractivity contribution is -0.134. The number of benzene rings is 3. The molecule has 4 aromatic rings. The van der Waals surface area contributed by atoms with Gasteiger partial charge in [-0.1, -0.05) is 66.5 Å². The third-order valence-electron chi connectivity index (χ3n) is 6.65. The maximum absolute atomic E-state index is 13.8. The fourth-order valence-corrected chi connectivity index (χ4v) is 6.34. The molecule has 1 aromatic heterocycles. The molecule has 184 valence electrons. The first kappa shape index (κ1) is 24.8. The largest absolute Gasteiger partial charge is 0.330 e. The van der Waals surface area contributed by atoms with E-state index >= 15 is 0 Å². The molecule has 0 unspecified atom stereocenters. The summed E-state index contributed by atoms with van der Waals surface area (Å²) in [5.41, 5.74) is 2.52. The van der Waals surface area contributed by atoms with E-state index in [0.717, 1.165) is 34.7 Å². The maximum Gasteiger partial charge on any atom is 0.254 e. The Morgan fingerprint density at radius 2 is 1.81 bits per heavy atom. The molecule has 3 aromatic carbocycles. The average Bonchev–Trinajstić information content (AvgIpc) is 3.36. The first-order chi connectivity index (χ1) is 17.5. The molecule has 0 spiro atoms. The highest BCUT2D eigenvalue weighted by Crippen LogP contribution is 2.41. The van der Waals surface area contributed by atoms with E-state index in [1.807, 2.05) is 60.4 Å². The van der Waals surface area contributed by atoms with E-state index in [4.69, 9.17) is 23.2 Å². The highest BCUT2D eigenvalue weighted by atomic mass is 35.5. The van der Waals surface area contributed by atoms with E-state index in [2.05, 4.69) is 11.4 Å². The molecule has 0 fully saturated rings. The van der Waals surface area contributed by atoms with Gasteiger partial charge in [0.1, 0.15) is 6.54 Å². The Morgan fingerprint density at radius 3 is 2.58 bits per heavy atom. The number of rotatable bonds is 6. The van der Waals surface area contributed by atoms with Crippen molar-refractivity contribution in [3.63, 3.8) is 0 Å². The molecule has 0 N–H and O–H groups in total. The Morgan fingerprint density at radius 1 is 1.00 bits per heavy atom. The average molecular weight is 538 g/mol. The van der Waals surface area contributed by atoms with Gasteiger partial charge in [0.15, 0.2) is 0 Å². The number of nitrogens with zero attached hydrogens (tertiary/aromatic N) is 2. The van der Waals surface area contributed by atoms with Gasteiger partial charge >= 0.3 is 0 Å². The van der Waals surface area contributed by atoms with Crippen LogP contribution in [0.5, 0.6) is 0 Å². The summed E-state index contributed by atoms with van der Waals surface area (Å²) in [6, 6.07) is 20.8. The summed E-state index contributed by atoms with van der Waals surface area (Å²) < 4.78 is 0. The third-order valence-corrected chi connectivity index (χ3v) is 8.21. The Balaban J connectivity index is 1.44. The standard InChI is InChI=1S/C29H26Cl2N2O2S/c1-2-13-32(29(35)21-8-7-19-5-3-4-6-20(19)16-21)18-27(34)33-14-11-26-24(12-15-36-26)28(33)23-10-9-22(30)17-25(23)31/h3-10,12,15-17,28H,2,11,13-14,18H2,1H3/t28-/m1/s1. The van der Waals surface area contributed by atoms with Gasteiger partial charge in [-0.25, -0.2) is 0 Å². The van der Waals surface area contributed by atoms with Gasteiger partial charge in [-0.2, -0.15) is 0 Å². The summed E-state index contributed by atoms with van der Waals surface area (Å²) in [6.07, 6.45) is 1.54. The lowest BCUT2D eigenvalue weighted by atomic mass is 9.93. The van der Waals surface area contributed by atoms with Crippen LogP contribution < -0.4 is 0 Å². The van der Waals surface area contributed by atoms with Crippen LogP contribution in [0.1, 0.15) is 45.7 Å². The van der Waals surface area contributed by atoms with Gasteiger partial charge in [0.2, 0.25) is 5.91 Å². The fourth-order valence-electron chi connectivity index (χ4n) is 4.93. The van der Waals surface area contributed by atoms with Crippen LogP contribution in [0.15, 0.2) is 72.1 Å². The number of hydrogen-bond acceptors (Lipinski definition) is 3. The van der Waals surface area contributed by atoms with Crippen molar-refractivity contribution in [1.29, 1.82) is 0 Å². The zero-order chi connectivity index (χ0) is 25.2. The van der Waals surface area contributed by atoms with E-state index in [1.54, 1.807) is 28.4 Å². The minimum absolute atomic E-state index is 0.0146. The molecular weight excluding hydrogens is 511 g/mol. The predicted octanol–water partition coefficient (Wildman–Crippen LogP) is 7.23. The molecule has 2 amide bonds. The number of halogens is 2. The van der Waals surface area contributed by atoms with Gasteiger partial charge in [-0.05, 0) is 70.5 Å². The second-order valence-electron chi connectivity index (χ2n) is 8.99. The van der Waals surface area contributed by atoms with Gasteiger partial charge in [0.05, 0.1) is 6.04 Å². The lowest BCUT2D eigenvalue weighted by Crippen LogP contribution is -2.47. The number of carbonyl (C=O) groups excluding carboxylic acids is 2. The first-order valence-corrected chi connectivity index (χ1v) is 13.7. The third kappa shape index (κ3) is 4.88. The zero-order valence-corrected chi connectivity index (χ0v) is 22.2. The van der Waals surface area contributed by atoms with Crippen molar-refractivity contribution in [2.24, 2.45) is 0 Å². The smallest absolute Gasteiger partial charge is 0.254 e. The van der Waals surface area contributed by atoms with Gasteiger partial charge in [-0.3, -0.25) is 9.59 Å². The van der Waals surface area contributed by atoms with Crippen LogP contribution in [0.2, 0.25) is 10.0 Å². The number of thiophene rings is 1. The molecule has 0 saturated heterocycles. The van der Waals surface area contributed by atoms with E-state index in [1.165, 1.54) is 4.88 Å². The first-order valence-electron chi connectivity index (χ1n) is 12.0. The Labute approximate surface area is 225 Å². The van der Waals surface area contributed by atoms with Crippen molar-refractivity contribution >= 4 is 57.1 Å². The van der Waals surface area contributed by atoms with Crippen molar-refractivity contribution in [3.05, 3.63) is 104 Å². The molecule has 5 rings (SSSR count). The molecular formula is C29H26Cl2N2O2S. The molecule has 0 saturated carbocycles. The fraction of sp³-hybridized carbons (Fsp3) is 0.241. The normalized spacial score (nSPS) is 15.1. The second kappa shape index (κ2) is 10.6. The molecule has 0 aliphatic carbocycles. The monoisotopic (exact) mass is 536 g/mol. The summed E-state index contributed by atoms with van der Waals surface area (Å²) in [4.78, 5) is 32.1. The van der Waals surface area contributed by atoms with E-state index < -0.39 is 0 Å². The number of hydrogen-bond donors (Lipinski definition) is 0. The molecule has 0 bridgehead atoms. The van der Waals surface area contributed by atoms with Gasteiger partial charge < -0.3 is 9.80 Å². The number of amides is 2. The van der Waals surface area contributed by atoms with E-state index in [9.17, 15) is 9.59 Å². The van der Waals surface area contributed by atoms with E-state index in [-0.39, 0.29) is 24.4 Å². The molecule has 36 heavy (non-hydrogen) atoms. The summed E-state index contributed by atoms with van der Waals surface area (Å²) in [7, 11) is 0. The molecule has 2 heterocycles. The van der Waals surface area contributed by atoms with Crippen molar-refractivity contribution in [2.75, 3.05) is 19.6 Å². The molecule has 7 heteroatoms. The van der Waals surface area contributed by atoms with Crippen molar-refractivity contribution < 1.29 is 9.59 Å². The SMILES string of the molecule is CCCN(CC(=O)N1CCc2sccc2[C@H]1c1ccc(Cl)cc1Cl)C(=O)c1ccc2ccccc2c1. The van der Waals surface area contributed by atoms with Crippen LogP contribution in [-0.4, -0.2) is 41.2 Å². The van der Waals surface area contributed by atoms with Gasteiger partial charge in [-0.15, -0.1) is 11.3 Å². The van der Waals surface area contributed by atoms with Crippen LogP contribution >= 0.6 is 34.5 Å².